The molecule has 13 heavy (non-hydrogen) atoms. The van der Waals surface area contributed by atoms with Crippen LogP contribution in [0.1, 0.15) is 19.8 Å². The molecule has 1 heterocycles. The molecule has 0 radical (unpaired) electrons. The molecule has 0 spiro atoms. The van der Waals surface area contributed by atoms with Gasteiger partial charge in [0.1, 0.15) is 5.60 Å². The van der Waals surface area contributed by atoms with Gasteiger partial charge in [-0.15, -0.1) is 0 Å². The van der Waals surface area contributed by atoms with E-state index in [2.05, 4.69) is 4.98 Å². The first kappa shape index (κ1) is 8.29. The molecule has 0 aromatic carbocycles. The molecule has 0 amide bonds. The monoisotopic (exact) mass is 182 g/mol. The second-order valence-corrected chi connectivity index (χ2v) is 3.60. The molecule has 3 nitrogen and oxygen atoms in total. The quantitative estimate of drug-likeness (QED) is 0.757. The molecule has 0 atom stereocenters. The minimum Gasteiger partial charge on any atom is -0.471 e. The molecule has 2 N–H and O–H groups in total. The highest BCUT2D eigenvalue weighted by molar-refractivity contribution is 5.41. The maximum Gasteiger partial charge on any atom is 0.216 e. The van der Waals surface area contributed by atoms with E-state index in [0.717, 1.165) is 19.0 Å². The van der Waals surface area contributed by atoms with E-state index in [0.29, 0.717) is 5.88 Å². The molecule has 1 aromatic heterocycles. The number of nitrogens with zero attached hydrogens (tertiary/aromatic N) is 1. The van der Waals surface area contributed by atoms with Gasteiger partial charge in [0, 0.05) is 6.07 Å². The second-order valence-electron chi connectivity index (χ2n) is 3.60. The summed E-state index contributed by atoms with van der Waals surface area (Å²) in [6.45, 7) is 1.99. The number of rotatable bonds is 2. The van der Waals surface area contributed by atoms with Gasteiger partial charge in [-0.25, -0.2) is 9.37 Å². The summed E-state index contributed by atoms with van der Waals surface area (Å²) in [7, 11) is 0. The molecular weight excluding hydrogens is 171 g/mol. The van der Waals surface area contributed by atoms with Crippen molar-refractivity contribution < 1.29 is 9.13 Å². The van der Waals surface area contributed by atoms with Gasteiger partial charge in [0.15, 0.2) is 5.82 Å². The summed E-state index contributed by atoms with van der Waals surface area (Å²) in [5, 5.41) is 0. The predicted octanol–water partition coefficient (Wildman–Crippen LogP) is 1.73. The number of nitrogens with two attached hydrogens (primary N) is 1. The largest absolute Gasteiger partial charge is 0.471 e. The number of pyridine rings is 1. The maximum absolute atomic E-state index is 12.7. The number of hydrogen-bond acceptors (Lipinski definition) is 3. The van der Waals surface area contributed by atoms with Crippen molar-refractivity contribution in [3.8, 4) is 5.88 Å². The first-order chi connectivity index (χ1) is 6.09. The summed E-state index contributed by atoms with van der Waals surface area (Å²) in [4.78, 5) is 3.79. The van der Waals surface area contributed by atoms with E-state index in [1.54, 1.807) is 0 Å². The molecule has 1 aromatic rings. The van der Waals surface area contributed by atoms with Crippen molar-refractivity contribution in [2.45, 2.75) is 25.4 Å². The van der Waals surface area contributed by atoms with Crippen LogP contribution in [-0.2, 0) is 0 Å². The Balaban J connectivity index is 2.17. The third-order valence-electron chi connectivity index (χ3n) is 2.16. The van der Waals surface area contributed by atoms with Gasteiger partial charge in [-0.05, 0) is 19.8 Å². The highest BCUT2D eigenvalue weighted by atomic mass is 19.1. The topological polar surface area (TPSA) is 48.1 Å². The molecule has 4 heteroatoms. The van der Waals surface area contributed by atoms with Gasteiger partial charge >= 0.3 is 0 Å². The Hall–Kier alpha value is -1.32. The van der Waals surface area contributed by atoms with E-state index < -0.39 is 5.82 Å². The fourth-order valence-corrected chi connectivity index (χ4v) is 1.02. The molecular formula is C9H11FN2O. The van der Waals surface area contributed by atoms with E-state index in [9.17, 15) is 4.39 Å². The number of nitrogen functional groups attached to an aromatic ring is 1. The summed E-state index contributed by atoms with van der Waals surface area (Å²) in [5.74, 6) is -0.104. The van der Waals surface area contributed by atoms with E-state index in [1.807, 2.05) is 6.92 Å². The zero-order valence-corrected chi connectivity index (χ0v) is 7.38. The van der Waals surface area contributed by atoms with Crippen LogP contribution in [0.3, 0.4) is 0 Å². The van der Waals surface area contributed by atoms with Crippen LogP contribution in [-0.4, -0.2) is 10.6 Å². The maximum atomic E-state index is 12.7. The van der Waals surface area contributed by atoms with Crippen LogP contribution in [0.15, 0.2) is 12.3 Å². The number of anilines is 1. The minimum atomic E-state index is -0.506. The van der Waals surface area contributed by atoms with Gasteiger partial charge in [0.05, 0.1) is 11.9 Å². The third-order valence-corrected chi connectivity index (χ3v) is 2.16. The van der Waals surface area contributed by atoms with Crippen molar-refractivity contribution in [3.63, 3.8) is 0 Å². The van der Waals surface area contributed by atoms with Gasteiger partial charge in [-0.1, -0.05) is 0 Å². The molecule has 0 aliphatic heterocycles. The molecule has 1 saturated carbocycles. The van der Waals surface area contributed by atoms with Gasteiger partial charge in [0.2, 0.25) is 5.88 Å². The van der Waals surface area contributed by atoms with Crippen LogP contribution in [0.4, 0.5) is 10.1 Å². The Labute approximate surface area is 75.7 Å². The van der Waals surface area contributed by atoms with Gasteiger partial charge in [-0.3, -0.25) is 0 Å². The number of halogens is 1. The van der Waals surface area contributed by atoms with E-state index >= 15 is 0 Å². The molecule has 1 aliphatic rings. The highest BCUT2D eigenvalue weighted by Gasteiger charge is 2.40. The summed E-state index contributed by atoms with van der Waals surface area (Å²) < 4.78 is 18.2. The molecule has 70 valence electrons. The zero-order chi connectivity index (χ0) is 9.47. The van der Waals surface area contributed by atoms with Crippen molar-refractivity contribution in [3.05, 3.63) is 18.1 Å². The lowest BCUT2D eigenvalue weighted by atomic mass is 10.4. The predicted molar refractivity (Wildman–Crippen MR) is 46.9 cm³/mol. The third kappa shape index (κ3) is 1.71. The van der Waals surface area contributed by atoms with Crippen LogP contribution in [0.25, 0.3) is 0 Å². The second kappa shape index (κ2) is 2.58. The first-order valence-corrected chi connectivity index (χ1v) is 4.19. The smallest absolute Gasteiger partial charge is 0.216 e. The van der Waals surface area contributed by atoms with E-state index in [1.165, 1.54) is 6.07 Å². The van der Waals surface area contributed by atoms with Crippen LogP contribution >= 0.6 is 0 Å². The number of aromatic nitrogens is 1. The Morgan fingerprint density at radius 3 is 2.85 bits per heavy atom. The average Bonchev–Trinajstić information content (AvgIpc) is 2.76. The minimum absolute atomic E-state index is 0.0780. The number of hydrogen-bond donors (Lipinski definition) is 1. The van der Waals surface area contributed by atoms with Crippen molar-refractivity contribution in [2.75, 3.05) is 5.73 Å². The fraction of sp³-hybridized carbons (Fsp3) is 0.444. The van der Waals surface area contributed by atoms with Gasteiger partial charge < -0.3 is 10.5 Å². The van der Waals surface area contributed by atoms with Crippen LogP contribution in [0.5, 0.6) is 5.88 Å². The Morgan fingerprint density at radius 2 is 2.31 bits per heavy atom. The van der Waals surface area contributed by atoms with E-state index in [-0.39, 0.29) is 11.3 Å². The van der Waals surface area contributed by atoms with Crippen molar-refractivity contribution >= 4 is 5.69 Å². The normalized spacial score (nSPS) is 18.3. The van der Waals surface area contributed by atoms with Gasteiger partial charge in [0.25, 0.3) is 0 Å². The SMILES string of the molecule is CC1(Oc2cc(N)c(F)cn2)CC1. The zero-order valence-electron chi connectivity index (χ0n) is 7.38. The highest BCUT2D eigenvalue weighted by Crippen LogP contribution is 2.39. The Morgan fingerprint density at radius 1 is 1.62 bits per heavy atom. The summed E-state index contributed by atoms with van der Waals surface area (Å²) in [5.41, 5.74) is 5.34. The van der Waals surface area contributed by atoms with Crippen LogP contribution in [0.2, 0.25) is 0 Å². The molecule has 0 bridgehead atoms. The van der Waals surface area contributed by atoms with E-state index in [4.69, 9.17) is 10.5 Å². The number of ether oxygens (including phenoxy) is 1. The van der Waals surface area contributed by atoms with Crippen molar-refractivity contribution in [1.29, 1.82) is 0 Å². The van der Waals surface area contributed by atoms with Crippen LogP contribution in [0, 0.1) is 5.82 Å². The summed E-state index contributed by atoms with van der Waals surface area (Å²) >= 11 is 0. The fourth-order valence-electron chi connectivity index (χ4n) is 1.02. The first-order valence-electron chi connectivity index (χ1n) is 4.19. The lowest BCUT2D eigenvalue weighted by Gasteiger charge is -2.11. The molecule has 0 unspecified atom stereocenters. The summed E-state index contributed by atoms with van der Waals surface area (Å²) in [6, 6.07) is 1.42. The molecule has 1 fully saturated rings. The summed E-state index contributed by atoms with van der Waals surface area (Å²) in [6.07, 6.45) is 3.12. The average molecular weight is 182 g/mol. The molecule has 2 rings (SSSR count). The Kier molecular flexibility index (Phi) is 1.65. The van der Waals surface area contributed by atoms with Crippen molar-refractivity contribution in [2.24, 2.45) is 0 Å². The standard InChI is InChI=1S/C9H11FN2O/c1-9(2-3-9)13-8-4-7(11)6(10)5-12-8/h4-5H,2-3H2,1H3,(H2,11,12). The van der Waals surface area contributed by atoms with Gasteiger partial charge in [-0.2, -0.15) is 0 Å². The molecule has 1 aliphatic carbocycles. The van der Waals surface area contributed by atoms with Crippen LogP contribution < -0.4 is 10.5 Å². The van der Waals surface area contributed by atoms with Crippen molar-refractivity contribution in [1.82, 2.24) is 4.98 Å². The lowest BCUT2D eigenvalue weighted by molar-refractivity contribution is 0.191. The lowest BCUT2D eigenvalue weighted by Crippen LogP contribution is -2.13. The Bertz CT molecular complexity index is 336. The molecule has 0 saturated heterocycles.